The Bertz CT molecular complexity index is 371. The van der Waals surface area contributed by atoms with Gasteiger partial charge in [-0.05, 0) is 26.3 Å². The second-order valence-corrected chi connectivity index (χ2v) is 5.10. The molecule has 0 bridgehead atoms. The lowest BCUT2D eigenvalue weighted by Gasteiger charge is -2.02. The van der Waals surface area contributed by atoms with Crippen LogP contribution in [0.3, 0.4) is 0 Å². The summed E-state index contributed by atoms with van der Waals surface area (Å²) in [5.41, 5.74) is 6.96. The fraction of sp³-hybridized carbons (Fsp3) is 0.667. The van der Waals surface area contributed by atoms with Crippen molar-refractivity contribution in [3.63, 3.8) is 0 Å². The molecular formula is C12H22N4S. The van der Waals surface area contributed by atoms with Gasteiger partial charge in [0.1, 0.15) is 5.82 Å². The second-order valence-electron chi connectivity index (χ2n) is 4.04. The van der Waals surface area contributed by atoms with Crippen molar-refractivity contribution < 1.29 is 0 Å². The van der Waals surface area contributed by atoms with E-state index in [0.29, 0.717) is 6.54 Å². The van der Waals surface area contributed by atoms with Crippen molar-refractivity contribution >= 4 is 11.8 Å². The van der Waals surface area contributed by atoms with Crippen molar-refractivity contribution in [2.45, 2.75) is 38.3 Å². The summed E-state index contributed by atoms with van der Waals surface area (Å²) in [7, 11) is 2.00. The number of thioether (sulfide) groups is 1. The van der Waals surface area contributed by atoms with Gasteiger partial charge in [-0.2, -0.15) is 0 Å². The van der Waals surface area contributed by atoms with Gasteiger partial charge in [-0.3, -0.25) is 0 Å². The highest BCUT2D eigenvalue weighted by atomic mass is 32.2. The van der Waals surface area contributed by atoms with E-state index < -0.39 is 0 Å². The number of nitrogens with two attached hydrogens (primary N) is 1. The molecule has 1 aromatic heterocycles. The molecule has 4 nitrogen and oxygen atoms in total. The van der Waals surface area contributed by atoms with E-state index >= 15 is 0 Å². The minimum Gasteiger partial charge on any atom is -0.330 e. The first-order chi connectivity index (χ1) is 8.19. The Morgan fingerprint density at radius 3 is 2.88 bits per heavy atom. The zero-order chi connectivity index (χ0) is 12.7. The van der Waals surface area contributed by atoms with E-state index in [-0.39, 0.29) is 0 Å². The fourth-order valence-corrected chi connectivity index (χ4v) is 2.23. The number of rotatable bonds is 7. The van der Waals surface area contributed by atoms with E-state index in [2.05, 4.69) is 30.1 Å². The molecule has 0 aliphatic carbocycles. The molecule has 5 heteroatoms. The number of hydrogen-bond donors (Lipinski definition) is 1. The van der Waals surface area contributed by atoms with E-state index in [0.717, 1.165) is 36.0 Å². The molecule has 0 atom stereocenters. The van der Waals surface area contributed by atoms with E-state index in [9.17, 15) is 0 Å². The molecule has 0 unspecified atom stereocenters. The Hall–Kier alpha value is -0.810. The maximum absolute atomic E-state index is 5.51. The summed E-state index contributed by atoms with van der Waals surface area (Å²) in [6, 6.07) is 0. The smallest absolute Gasteiger partial charge is 0.190 e. The average Bonchev–Trinajstić information content (AvgIpc) is 2.67. The van der Waals surface area contributed by atoms with Gasteiger partial charge >= 0.3 is 0 Å². The minimum atomic E-state index is 0.620. The molecule has 17 heavy (non-hydrogen) atoms. The summed E-state index contributed by atoms with van der Waals surface area (Å²) in [5, 5.41) is 9.29. The summed E-state index contributed by atoms with van der Waals surface area (Å²) in [6.45, 7) is 4.97. The molecule has 0 saturated heterocycles. The van der Waals surface area contributed by atoms with Crippen LogP contribution < -0.4 is 5.73 Å². The van der Waals surface area contributed by atoms with Crippen molar-refractivity contribution in [3.8, 4) is 0 Å². The van der Waals surface area contributed by atoms with E-state index in [1.807, 2.05) is 11.6 Å². The molecule has 1 aromatic rings. The lowest BCUT2D eigenvalue weighted by atomic mass is 10.2. The summed E-state index contributed by atoms with van der Waals surface area (Å²) in [4.78, 5) is 0. The maximum Gasteiger partial charge on any atom is 0.190 e. The predicted molar refractivity (Wildman–Crippen MR) is 73.2 cm³/mol. The molecule has 0 radical (unpaired) electrons. The molecule has 0 spiro atoms. The van der Waals surface area contributed by atoms with Gasteiger partial charge in [-0.15, -0.1) is 10.2 Å². The van der Waals surface area contributed by atoms with Crippen molar-refractivity contribution in [1.29, 1.82) is 0 Å². The van der Waals surface area contributed by atoms with Crippen LogP contribution >= 0.6 is 11.8 Å². The molecule has 0 aliphatic heterocycles. The van der Waals surface area contributed by atoms with Gasteiger partial charge in [0.2, 0.25) is 0 Å². The van der Waals surface area contributed by atoms with Crippen LogP contribution in [-0.4, -0.2) is 27.1 Å². The predicted octanol–water partition coefficient (Wildman–Crippen LogP) is 2.15. The Kier molecular flexibility index (Phi) is 6.29. The molecule has 0 aliphatic rings. The van der Waals surface area contributed by atoms with Crippen LogP contribution in [-0.2, 0) is 13.5 Å². The van der Waals surface area contributed by atoms with Crippen LogP contribution in [0.5, 0.6) is 0 Å². The Morgan fingerprint density at radius 1 is 1.47 bits per heavy atom. The summed E-state index contributed by atoms with van der Waals surface area (Å²) in [6.07, 6.45) is 5.31. The van der Waals surface area contributed by atoms with Gasteiger partial charge in [0.05, 0.1) is 0 Å². The number of nitrogens with zero attached hydrogens (tertiary/aromatic N) is 3. The molecule has 1 heterocycles. The van der Waals surface area contributed by atoms with Gasteiger partial charge in [0, 0.05) is 19.2 Å². The minimum absolute atomic E-state index is 0.620. The SMILES string of the molecule is CCC(C)=CCCSc1nnc(CCN)n1C. The second kappa shape index (κ2) is 7.50. The third-order valence-electron chi connectivity index (χ3n) is 2.69. The van der Waals surface area contributed by atoms with E-state index in [1.54, 1.807) is 11.8 Å². The van der Waals surface area contributed by atoms with Crippen LogP contribution in [0.1, 0.15) is 32.5 Å². The van der Waals surface area contributed by atoms with E-state index in [1.165, 1.54) is 5.57 Å². The van der Waals surface area contributed by atoms with Crippen LogP contribution in [0, 0.1) is 0 Å². The van der Waals surface area contributed by atoms with Crippen molar-refractivity contribution in [1.82, 2.24) is 14.8 Å². The first-order valence-corrected chi connectivity index (χ1v) is 7.04. The largest absolute Gasteiger partial charge is 0.330 e. The monoisotopic (exact) mass is 254 g/mol. The van der Waals surface area contributed by atoms with Gasteiger partial charge in [-0.25, -0.2) is 0 Å². The fourth-order valence-electron chi connectivity index (χ4n) is 1.42. The molecule has 96 valence electrons. The number of hydrogen-bond acceptors (Lipinski definition) is 4. The molecule has 0 saturated carbocycles. The Balaban J connectivity index is 2.42. The molecule has 0 fully saturated rings. The molecule has 1 rings (SSSR count). The van der Waals surface area contributed by atoms with Crippen LogP contribution in [0.4, 0.5) is 0 Å². The molecular weight excluding hydrogens is 232 g/mol. The van der Waals surface area contributed by atoms with Crippen molar-refractivity contribution in [2.75, 3.05) is 12.3 Å². The molecule has 2 N–H and O–H groups in total. The number of aromatic nitrogens is 3. The molecule has 0 aromatic carbocycles. The molecule has 0 amide bonds. The quantitative estimate of drug-likeness (QED) is 0.460. The highest BCUT2D eigenvalue weighted by Crippen LogP contribution is 2.17. The van der Waals surface area contributed by atoms with Crippen molar-refractivity contribution in [3.05, 3.63) is 17.5 Å². The topological polar surface area (TPSA) is 56.7 Å². The van der Waals surface area contributed by atoms with Gasteiger partial charge in [0.15, 0.2) is 5.16 Å². The lowest BCUT2D eigenvalue weighted by molar-refractivity contribution is 0.727. The van der Waals surface area contributed by atoms with E-state index in [4.69, 9.17) is 5.73 Å². The summed E-state index contributed by atoms with van der Waals surface area (Å²) >= 11 is 1.75. The lowest BCUT2D eigenvalue weighted by Crippen LogP contribution is -2.08. The summed E-state index contributed by atoms with van der Waals surface area (Å²) in [5.74, 6) is 2.02. The van der Waals surface area contributed by atoms with Crippen LogP contribution in [0.15, 0.2) is 16.8 Å². The Morgan fingerprint density at radius 2 is 2.24 bits per heavy atom. The highest BCUT2D eigenvalue weighted by molar-refractivity contribution is 7.99. The number of allylic oxidation sites excluding steroid dienone is 2. The van der Waals surface area contributed by atoms with Gasteiger partial charge in [0.25, 0.3) is 0 Å². The van der Waals surface area contributed by atoms with Crippen LogP contribution in [0.25, 0.3) is 0 Å². The Labute approximate surface area is 108 Å². The third kappa shape index (κ3) is 4.52. The third-order valence-corrected chi connectivity index (χ3v) is 3.75. The van der Waals surface area contributed by atoms with Crippen molar-refractivity contribution in [2.24, 2.45) is 12.8 Å². The first-order valence-electron chi connectivity index (χ1n) is 6.05. The van der Waals surface area contributed by atoms with Gasteiger partial charge < -0.3 is 10.3 Å². The average molecular weight is 254 g/mol. The van der Waals surface area contributed by atoms with Gasteiger partial charge in [-0.1, -0.05) is 30.3 Å². The zero-order valence-corrected chi connectivity index (χ0v) is 11.8. The zero-order valence-electron chi connectivity index (χ0n) is 10.9. The standard InChI is InChI=1S/C12H22N4S/c1-4-10(2)6-5-9-17-12-15-14-11(7-8-13)16(12)3/h6H,4-5,7-9,13H2,1-3H3. The van der Waals surface area contributed by atoms with Crippen LogP contribution in [0.2, 0.25) is 0 Å². The maximum atomic E-state index is 5.51. The summed E-state index contributed by atoms with van der Waals surface area (Å²) < 4.78 is 2.04. The highest BCUT2D eigenvalue weighted by Gasteiger charge is 2.07. The first kappa shape index (κ1) is 14.3. The normalized spacial score (nSPS) is 12.1.